The van der Waals surface area contributed by atoms with Gasteiger partial charge >= 0.3 is 0 Å². The maximum Gasteiger partial charge on any atom is 0.166 e. The van der Waals surface area contributed by atoms with E-state index in [9.17, 15) is 9.18 Å². The highest BCUT2D eigenvalue weighted by Gasteiger charge is 2.25. The van der Waals surface area contributed by atoms with Crippen LogP contribution in [0.1, 0.15) is 35.2 Å². The molecule has 0 atom stereocenters. The number of aromatic amines is 1. The topological polar surface area (TPSA) is 62.1 Å². The number of aromatic nitrogens is 2. The zero-order chi connectivity index (χ0) is 18.1. The maximum atomic E-state index is 13.8. The number of aryl methyl sites for hydroxylation is 2. The fourth-order valence-corrected chi connectivity index (χ4v) is 3.07. The van der Waals surface area contributed by atoms with Crippen LogP contribution >= 0.6 is 0 Å². The number of fused-ring (bicyclic) bond motifs is 1. The van der Waals surface area contributed by atoms with Crippen molar-refractivity contribution in [1.82, 2.24) is 15.0 Å². The second-order valence-electron chi connectivity index (χ2n) is 6.46. The number of nitrogens with zero attached hydrogens (tertiary/aromatic N) is 2. The molecule has 0 amide bonds. The lowest BCUT2D eigenvalue weighted by molar-refractivity contribution is 0.0975. The molecule has 6 heteroatoms. The summed E-state index contributed by atoms with van der Waals surface area (Å²) >= 11 is 0. The SMILES string of the molecule is CCc1noc(C)c1-c1[nH]c2ccc(F)cc2c1C(=O)CCN(C)C. The molecule has 0 saturated carbocycles. The Morgan fingerprint density at radius 3 is 2.80 bits per heavy atom. The first kappa shape index (κ1) is 17.4. The van der Waals surface area contributed by atoms with Crippen LogP contribution in [0.25, 0.3) is 22.2 Å². The van der Waals surface area contributed by atoms with E-state index in [1.54, 1.807) is 6.07 Å². The number of halogens is 1. The smallest absolute Gasteiger partial charge is 0.166 e. The number of nitrogens with one attached hydrogen (secondary N) is 1. The van der Waals surface area contributed by atoms with Crippen LogP contribution < -0.4 is 0 Å². The molecule has 132 valence electrons. The minimum Gasteiger partial charge on any atom is -0.361 e. The van der Waals surface area contributed by atoms with Crippen LogP contribution in [-0.4, -0.2) is 41.5 Å². The van der Waals surface area contributed by atoms with Crippen LogP contribution in [0.15, 0.2) is 22.7 Å². The van der Waals surface area contributed by atoms with E-state index in [4.69, 9.17) is 4.52 Å². The first-order chi connectivity index (χ1) is 11.9. The number of carbonyl (C=O) groups excluding carboxylic acids is 1. The van der Waals surface area contributed by atoms with Gasteiger partial charge in [0.05, 0.1) is 22.5 Å². The van der Waals surface area contributed by atoms with Gasteiger partial charge in [0.1, 0.15) is 11.6 Å². The number of benzene rings is 1. The Bertz CT molecular complexity index is 924. The Morgan fingerprint density at radius 1 is 1.36 bits per heavy atom. The van der Waals surface area contributed by atoms with Gasteiger partial charge in [-0.15, -0.1) is 0 Å². The van der Waals surface area contributed by atoms with Gasteiger partial charge in [-0.25, -0.2) is 4.39 Å². The van der Waals surface area contributed by atoms with Crippen LogP contribution in [0.4, 0.5) is 4.39 Å². The zero-order valence-electron chi connectivity index (χ0n) is 14.9. The first-order valence-corrected chi connectivity index (χ1v) is 8.37. The third kappa shape index (κ3) is 3.22. The maximum absolute atomic E-state index is 13.8. The number of hydrogen-bond acceptors (Lipinski definition) is 4. The van der Waals surface area contributed by atoms with Gasteiger partial charge in [0, 0.05) is 23.9 Å². The quantitative estimate of drug-likeness (QED) is 0.688. The van der Waals surface area contributed by atoms with E-state index in [1.807, 2.05) is 32.8 Å². The van der Waals surface area contributed by atoms with Crippen molar-refractivity contribution >= 4 is 16.7 Å². The van der Waals surface area contributed by atoms with Gasteiger partial charge in [-0.3, -0.25) is 4.79 Å². The van der Waals surface area contributed by atoms with E-state index in [1.165, 1.54) is 12.1 Å². The van der Waals surface area contributed by atoms with Crippen LogP contribution in [0.3, 0.4) is 0 Å². The van der Waals surface area contributed by atoms with Crippen LogP contribution in [-0.2, 0) is 6.42 Å². The summed E-state index contributed by atoms with van der Waals surface area (Å²) in [5.41, 5.74) is 3.49. The molecule has 0 unspecified atom stereocenters. The molecule has 0 spiro atoms. The Balaban J connectivity index is 2.22. The number of carbonyl (C=O) groups is 1. The Labute approximate surface area is 145 Å². The van der Waals surface area contributed by atoms with Crippen molar-refractivity contribution in [3.05, 3.63) is 41.0 Å². The summed E-state index contributed by atoms with van der Waals surface area (Å²) in [7, 11) is 3.84. The molecule has 0 aliphatic carbocycles. The molecule has 0 fully saturated rings. The lowest BCUT2D eigenvalue weighted by Crippen LogP contribution is -2.17. The van der Waals surface area contributed by atoms with Crippen molar-refractivity contribution in [2.24, 2.45) is 0 Å². The van der Waals surface area contributed by atoms with Gasteiger partial charge in [-0.1, -0.05) is 12.1 Å². The predicted molar refractivity (Wildman–Crippen MR) is 95.4 cm³/mol. The highest BCUT2D eigenvalue weighted by molar-refractivity contribution is 6.13. The molecule has 3 aromatic rings. The molecule has 3 rings (SSSR count). The van der Waals surface area contributed by atoms with E-state index in [2.05, 4.69) is 10.1 Å². The lowest BCUT2D eigenvalue weighted by atomic mass is 9.98. The molecule has 1 aromatic carbocycles. The molecule has 0 aliphatic rings. The molecule has 0 saturated heterocycles. The zero-order valence-corrected chi connectivity index (χ0v) is 14.9. The van der Waals surface area contributed by atoms with E-state index in [0.717, 1.165) is 16.8 Å². The summed E-state index contributed by atoms with van der Waals surface area (Å²) in [6.07, 6.45) is 1.04. The van der Waals surface area contributed by atoms with Crippen molar-refractivity contribution < 1.29 is 13.7 Å². The number of H-pyrrole nitrogens is 1. The van der Waals surface area contributed by atoms with Crippen molar-refractivity contribution in [3.63, 3.8) is 0 Å². The number of ketones is 1. The summed E-state index contributed by atoms with van der Waals surface area (Å²) < 4.78 is 19.1. The number of hydrogen-bond donors (Lipinski definition) is 1. The molecule has 0 radical (unpaired) electrons. The monoisotopic (exact) mass is 343 g/mol. The van der Waals surface area contributed by atoms with Crippen LogP contribution in [0.5, 0.6) is 0 Å². The Hall–Kier alpha value is -2.47. The molecule has 5 nitrogen and oxygen atoms in total. The Kier molecular flexibility index (Phi) is 4.72. The number of rotatable bonds is 6. The van der Waals surface area contributed by atoms with E-state index < -0.39 is 0 Å². The van der Waals surface area contributed by atoms with Crippen LogP contribution in [0, 0.1) is 12.7 Å². The second-order valence-corrected chi connectivity index (χ2v) is 6.46. The van der Waals surface area contributed by atoms with E-state index >= 15 is 0 Å². The highest BCUT2D eigenvalue weighted by Crippen LogP contribution is 2.35. The van der Waals surface area contributed by atoms with Crippen LogP contribution in [0.2, 0.25) is 0 Å². The largest absolute Gasteiger partial charge is 0.361 e. The third-order valence-electron chi connectivity index (χ3n) is 4.34. The summed E-state index contributed by atoms with van der Waals surface area (Å²) in [6.45, 7) is 4.43. The van der Waals surface area contributed by atoms with Gasteiger partial charge in [0.25, 0.3) is 0 Å². The molecule has 0 aliphatic heterocycles. The molecule has 2 aromatic heterocycles. The third-order valence-corrected chi connectivity index (χ3v) is 4.34. The molecule has 2 heterocycles. The average molecular weight is 343 g/mol. The molecule has 0 bridgehead atoms. The van der Waals surface area contributed by atoms with Gasteiger partial charge in [0.15, 0.2) is 5.78 Å². The van der Waals surface area contributed by atoms with Crippen molar-refractivity contribution in [2.75, 3.05) is 20.6 Å². The summed E-state index contributed by atoms with van der Waals surface area (Å²) in [5.74, 6) is 0.256. The first-order valence-electron chi connectivity index (χ1n) is 8.37. The van der Waals surface area contributed by atoms with Crippen molar-refractivity contribution in [2.45, 2.75) is 26.7 Å². The van der Waals surface area contributed by atoms with Crippen molar-refractivity contribution in [3.8, 4) is 11.3 Å². The molecule has 1 N–H and O–H groups in total. The summed E-state index contributed by atoms with van der Waals surface area (Å²) in [5, 5.41) is 4.68. The van der Waals surface area contributed by atoms with Gasteiger partial charge in [0.2, 0.25) is 0 Å². The minimum absolute atomic E-state index is 0.0248. The lowest BCUT2D eigenvalue weighted by Gasteiger charge is -2.09. The fourth-order valence-electron chi connectivity index (χ4n) is 3.07. The highest BCUT2D eigenvalue weighted by atomic mass is 19.1. The normalized spacial score (nSPS) is 11.6. The average Bonchev–Trinajstić information content (AvgIpc) is 3.11. The van der Waals surface area contributed by atoms with Crippen molar-refractivity contribution in [1.29, 1.82) is 0 Å². The van der Waals surface area contributed by atoms with Gasteiger partial charge in [-0.05, 0) is 45.6 Å². The van der Waals surface area contributed by atoms with E-state index in [-0.39, 0.29) is 11.6 Å². The molecular weight excluding hydrogens is 321 g/mol. The minimum atomic E-state index is -0.363. The standard InChI is InChI=1S/C19H22FN3O2/c1-5-14-17(11(2)25-22-14)19-18(16(24)8-9-23(3)4)13-10-12(20)6-7-15(13)21-19/h6-7,10,21H,5,8-9H2,1-4H3. The Morgan fingerprint density at radius 2 is 2.12 bits per heavy atom. The van der Waals surface area contributed by atoms with Gasteiger partial charge in [-0.2, -0.15) is 0 Å². The summed E-state index contributed by atoms with van der Waals surface area (Å²) in [6, 6.07) is 4.45. The molecular formula is C19H22FN3O2. The van der Waals surface area contributed by atoms with Gasteiger partial charge < -0.3 is 14.4 Å². The second kappa shape index (κ2) is 6.80. The number of Topliss-reactive ketones (excluding diaryl/α,β-unsaturated/α-hetero) is 1. The molecule has 25 heavy (non-hydrogen) atoms. The summed E-state index contributed by atoms with van der Waals surface area (Å²) in [4.78, 5) is 18.2. The fraction of sp³-hybridized carbons (Fsp3) is 0.368. The van der Waals surface area contributed by atoms with E-state index in [0.29, 0.717) is 41.8 Å². The predicted octanol–water partition coefficient (Wildman–Crippen LogP) is 3.97.